The highest BCUT2D eigenvalue weighted by Crippen LogP contribution is 2.19. The van der Waals surface area contributed by atoms with Crippen LogP contribution in [-0.2, 0) is 14.4 Å². The highest BCUT2D eigenvalue weighted by molar-refractivity contribution is 5.92. The normalized spacial score (nSPS) is 15.2. The average molecular weight is 441 g/mol. The molecule has 1 unspecified atom stereocenters. The third kappa shape index (κ3) is 6.88. The molecule has 0 radical (unpaired) electrons. The molecule has 1 atom stereocenters. The second-order valence-electron chi connectivity index (χ2n) is 8.08. The number of hydrogen-bond acceptors (Lipinski definition) is 4. The van der Waals surface area contributed by atoms with Gasteiger partial charge in [-0.25, -0.2) is 4.39 Å². The third-order valence-corrected chi connectivity index (χ3v) is 5.46. The van der Waals surface area contributed by atoms with Crippen molar-refractivity contribution in [2.24, 2.45) is 0 Å². The lowest BCUT2D eigenvalue weighted by Gasteiger charge is -2.35. The molecule has 1 saturated heterocycles. The number of aryl methyl sites for hydroxylation is 1. The first-order valence-corrected chi connectivity index (χ1v) is 10.7. The molecule has 1 aliphatic heterocycles. The maximum absolute atomic E-state index is 13.0. The Morgan fingerprint density at radius 1 is 0.969 bits per heavy atom. The molecule has 32 heavy (non-hydrogen) atoms. The molecule has 0 spiro atoms. The Morgan fingerprint density at radius 3 is 2.19 bits per heavy atom. The first-order valence-electron chi connectivity index (χ1n) is 10.7. The maximum Gasteiger partial charge on any atom is 0.238 e. The first-order chi connectivity index (χ1) is 15.3. The summed E-state index contributed by atoms with van der Waals surface area (Å²) in [6.07, 6.45) is 0.188. The number of nitrogens with zero attached hydrogens (tertiary/aromatic N) is 2. The summed E-state index contributed by atoms with van der Waals surface area (Å²) in [7, 11) is 0. The molecule has 3 rings (SSSR count). The lowest BCUT2D eigenvalue weighted by Crippen LogP contribution is -2.51. The van der Waals surface area contributed by atoms with Gasteiger partial charge in [0.15, 0.2) is 0 Å². The van der Waals surface area contributed by atoms with Crippen molar-refractivity contribution in [2.75, 3.05) is 38.0 Å². The number of rotatable bonds is 7. The van der Waals surface area contributed by atoms with Gasteiger partial charge in [0.2, 0.25) is 17.7 Å². The molecule has 0 bridgehead atoms. The van der Waals surface area contributed by atoms with Crippen LogP contribution in [0.25, 0.3) is 0 Å². The van der Waals surface area contributed by atoms with E-state index in [1.54, 1.807) is 4.90 Å². The molecule has 0 aromatic heterocycles. The predicted octanol–water partition coefficient (Wildman–Crippen LogP) is 2.48. The Hall–Kier alpha value is -3.26. The smallest absolute Gasteiger partial charge is 0.238 e. The van der Waals surface area contributed by atoms with Crippen molar-refractivity contribution in [1.82, 2.24) is 15.1 Å². The van der Waals surface area contributed by atoms with Gasteiger partial charge in [0, 0.05) is 38.8 Å². The maximum atomic E-state index is 13.0. The van der Waals surface area contributed by atoms with Crippen molar-refractivity contribution < 1.29 is 18.8 Å². The van der Waals surface area contributed by atoms with E-state index < -0.39 is 0 Å². The van der Waals surface area contributed by atoms with E-state index in [1.807, 2.05) is 36.1 Å². The van der Waals surface area contributed by atoms with Crippen molar-refractivity contribution in [1.29, 1.82) is 0 Å². The zero-order chi connectivity index (χ0) is 23.1. The summed E-state index contributed by atoms with van der Waals surface area (Å²) in [5.41, 5.74) is 2.56. The quantitative estimate of drug-likeness (QED) is 0.693. The molecule has 7 nitrogen and oxygen atoms in total. The lowest BCUT2D eigenvalue weighted by atomic mass is 10.0. The van der Waals surface area contributed by atoms with Crippen LogP contribution in [0.2, 0.25) is 0 Å². The van der Waals surface area contributed by atoms with Crippen LogP contribution in [0.1, 0.15) is 30.5 Å². The van der Waals surface area contributed by atoms with Gasteiger partial charge in [-0.15, -0.1) is 0 Å². The van der Waals surface area contributed by atoms with Crippen LogP contribution in [0.4, 0.5) is 10.1 Å². The molecule has 0 aliphatic carbocycles. The van der Waals surface area contributed by atoms with Gasteiger partial charge in [0.05, 0.1) is 19.0 Å². The van der Waals surface area contributed by atoms with Gasteiger partial charge in [-0.05, 0) is 36.8 Å². The van der Waals surface area contributed by atoms with E-state index in [0.29, 0.717) is 31.9 Å². The van der Waals surface area contributed by atoms with Crippen molar-refractivity contribution in [2.45, 2.75) is 26.3 Å². The second kappa shape index (κ2) is 10.9. The summed E-state index contributed by atoms with van der Waals surface area (Å²) < 4.78 is 13.0. The highest BCUT2D eigenvalue weighted by Gasteiger charge is 2.25. The standard InChI is InChI=1S/C24H29FN4O3/c1-17-3-5-19(6-4-17)22(26-18(2)30)15-24(32)29-13-11-28(12-14-29)16-23(31)27-21-9-7-20(25)8-10-21/h3-10,22H,11-16H2,1-2H3,(H,26,30)(H,27,31). The second-order valence-corrected chi connectivity index (χ2v) is 8.08. The molecule has 2 N–H and O–H groups in total. The zero-order valence-electron chi connectivity index (χ0n) is 18.4. The van der Waals surface area contributed by atoms with E-state index in [9.17, 15) is 18.8 Å². The summed E-state index contributed by atoms with van der Waals surface area (Å²) in [6, 6.07) is 13.0. The van der Waals surface area contributed by atoms with Gasteiger partial charge in [0.1, 0.15) is 5.82 Å². The van der Waals surface area contributed by atoms with Crippen LogP contribution in [0.5, 0.6) is 0 Å². The Labute approximate surface area is 187 Å². The number of carbonyl (C=O) groups is 3. The zero-order valence-corrected chi connectivity index (χ0v) is 18.4. The molecule has 3 amide bonds. The van der Waals surface area contributed by atoms with Crippen molar-refractivity contribution in [3.8, 4) is 0 Å². The molecule has 170 valence electrons. The number of anilines is 1. The van der Waals surface area contributed by atoms with Gasteiger partial charge < -0.3 is 15.5 Å². The molecule has 2 aromatic carbocycles. The molecule has 1 fully saturated rings. The number of piperazine rings is 1. The van der Waals surface area contributed by atoms with Gasteiger partial charge in [-0.1, -0.05) is 29.8 Å². The molecule has 1 aliphatic rings. The largest absolute Gasteiger partial charge is 0.349 e. The van der Waals surface area contributed by atoms with Crippen molar-refractivity contribution in [3.05, 3.63) is 65.5 Å². The number of amides is 3. The number of nitrogens with one attached hydrogen (secondary N) is 2. The summed E-state index contributed by atoms with van der Waals surface area (Å²) in [6.45, 7) is 5.84. The van der Waals surface area contributed by atoms with Crippen LogP contribution in [-0.4, -0.2) is 60.2 Å². The van der Waals surface area contributed by atoms with E-state index in [-0.39, 0.29) is 42.5 Å². The summed E-state index contributed by atoms with van der Waals surface area (Å²) in [5, 5.41) is 5.62. The van der Waals surface area contributed by atoms with E-state index in [4.69, 9.17) is 0 Å². The number of carbonyl (C=O) groups excluding carboxylic acids is 3. The number of benzene rings is 2. The first kappa shape index (κ1) is 23.4. The number of hydrogen-bond donors (Lipinski definition) is 2. The minimum Gasteiger partial charge on any atom is -0.349 e. The number of halogens is 1. The third-order valence-electron chi connectivity index (χ3n) is 5.46. The van der Waals surface area contributed by atoms with E-state index in [0.717, 1.165) is 11.1 Å². The van der Waals surface area contributed by atoms with Crippen molar-refractivity contribution in [3.63, 3.8) is 0 Å². The molecule has 2 aromatic rings. The van der Waals surface area contributed by atoms with Crippen LogP contribution in [0.15, 0.2) is 48.5 Å². The van der Waals surface area contributed by atoms with Crippen molar-refractivity contribution >= 4 is 23.4 Å². The summed E-state index contributed by atoms with van der Waals surface area (Å²) in [4.78, 5) is 40.5. The average Bonchev–Trinajstić information content (AvgIpc) is 2.75. The predicted molar refractivity (Wildman–Crippen MR) is 120 cm³/mol. The molecule has 1 heterocycles. The van der Waals surface area contributed by atoms with Crippen LogP contribution in [0, 0.1) is 12.7 Å². The molecular weight excluding hydrogens is 411 g/mol. The van der Waals surface area contributed by atoms with Gasteiger partial charge in [-0.2, -0.15) is 0 Å². The fourth-order valence-corrected chi connectivity index (χ4v) is 3.69. The summed E-state index contributed by atoms with van der Waals surface area (Å²) >= 11 is 0. The Bertz CT molecular complexity index is 939. The SMILES string of the molecule is CC(=O)NC(CC(=O)N1CCN(CC(=O)Nc2ccc(F)cc2)CC1)c1ccc(C)cc1. The van der Waals surface area contributed by atoms with E-state index in [2.05, 4.69) is 10.6 Å². The topological polar surface area (TPSA) is 81.8 Å². The Kier molecular flexibility index (Phi) is 7.94. The van der Waals surface area contributed by atoms with E-state index >= 15 is 0 Å². The van der Waals surface area contributed by atoms with Gasteiger partial charge in [0.25, 0.3) is 0 Å². The molecule has 8 heteroatoms. The fourth-order valence-electron chi connectivity index (χ4n) is 3.69. The fraction of sp³-hybridized carbons (Fsp3) is 0.375. The molecule has 0 saturated carbocycles. The Morgan fingerprint density at radius 2 is 1.59 bits per heavy atom. The summed E-state index contributed by atoms with van der Waals surface area (Å²) in [5.74, 6) is -0.742. The highest BCUT2D eigenvalue weighted by atomic mass is 19.1. The van der Waals surface area contributed by atoms with Gasteiger partial charge in [-0.3, -0.25) is 19.3 Å². The van der Waals surface area contributed by atoms with Crippen LogP contribution < -0.4 is 10.6 Å². The minimum atomic E-state index is -0.375. The Balaban J connectivity index is 1.49. The molecular formula is C24H29FN4O3. The van der Waals surface area contributed by atoms with Gasteiger partial charge >= 0.3 is 0 Å². The van der Waals surface area contributed by atoms with E-state index in [1.165, 1.54) is 31.2 Å². The monoisotopic (exact) mass is 440 g/mol. The lowest BCUT2D eigenvalue weighted by molar-refractivity contribution is -0.133. The van der Waals surface area contributed by atoms with Crippen LogP contribution in [0.3, 0.4) is 0 Å². The minimum absolute atomic E-state index is 0.0280. The van der Waals surface area contributed by atoms with Crippen LogP contribution >= 0.6 is 0 Å².